The average molecular weight is 485 g/mol. The van der Waals surface area contributed by atoms with Gasteiger partial charge in [-0.3, -0.25) is 14.9 Å². The molecule has 0 aliphatic rings. The third kappa shape index (κ3) is 15.9. The Balaban J connectivity index is 1.86. The van der Waals surface area contributed by atoms with E-state index < -0.39 is 16.6 Å². The van der Waals surface area contributed by atoms with Gasteiger partial charge in [-0.2, -0.15) is 0 Å². The fourth-order valence-corrected chi connectivity index (χ4v) is 2.43. The third-order valence-corrected chi connectivity index (χ3v) is 3.97. The molecule has 0 fully saturated rings. The van der Waals surface area contributed by atoms with Gasteiger partial charge < -0.3 is 34.9 Å². The molecule has 12 nitrogen and oxygen atoms in total. The second-order valence-electron chi connectivity index (χ2n) is 8.12. The predicted molar refractivity (Wildman–Crippen MR) is 126 cm³/mol. The van der Waals surface area contributed by atoms with Crippen LogP contribution in [0.2, 0.25) is 0 Å². The summed E-state index contributed by atoms with van der Waals surface area (Å²) in [5.74, 6) is -0.239. The molecular formula is C22H36N4O8. The van der Waals surface area contributed by atoms with E-state index in [9.17, 15) is 19.7 Å². The second-order valence-corrected chi connectivity index (χ2v) is 8.12. The first-order valence-corrected chi connectivity index (χ1v) is 11.1. The van der Waals surface area contributed by atoms with Crippen molar-refractivity contribution in [2.45, 2.75) is 32.8 Å². The SMILES string of the molecule is CC(C)(C)OC(=O)NCCNCCOCCOCCOCCC(=O)Nc1ccc([N+](=O)[O-])cc1. The Hall–Kier alpha value is -2.80. The van der Waals surface area contributed by atoms with Crippen LogP contribution < -0.4 is 16.0 Å². The van der Waals surface area contributed by atoms with Crippen molar-refractivity contribution in [1.29, 1.82) is 0 Å². The van der Waals surface area contributed by atoms with E-state index in [1.807, 2.05) is 20.8 Å². The van der Waals surface area contributed by atoms with Gasteiger partial charge in [0.05, 0.1) is 51.0 Å². The lowest BCUT2D eigenvalue weighted by molar-refractivity contribution is -0.384. The molecule has 12 heteroatoms. The summed E-state index contributed by atoms with van der Waals surface area (Å²) in [6.07, 6.45) is -0.266. The topological polar surface area (TPSA) is 150 Å². The van der Waals surface area contributed by atoms with Crippen LogP contribution in [0.15, 0.2) is 24.3 Å². The quantitative estimate of drug-likeness (QED) is 0.171. The Morgan fingerprint density at radius 1 is 0.882 bits per heavy atom. The molecule has 34 heavy (non-hydrogen) atoms. The minimum Gasteiger partial charge on any atom is -0.444 e. The van der Waals surface area contributed by atoms with Crippen LogP contribution in [-0.2, 0) is 23.7 Å². The third-order valence-electron chi connectivity index (χ3n) is 3.97. The minimum atomic E-state index is -0.505. The van der Waals surface area contributed by atoms with Crippen LogP contribution in [0.1, 0.15) is 27.2 Å². The van der Waals surface area contributed by atoms with Gasteiger partial charge in [-0.1, -0.05) is 0 Å². The van der Waals surface area contributed by atoms with Crippen molar-refractivity contribution in [2.75, 3.05) is 64.6 Å². The van der Waals surface area contributed by atoms with E-state index in [-0.39, 0.29) is 24.6 Å². The van der Waals surface area contributed by atoms with Crippen LogP contribution in [0.25, 0.3) is 0 Å². The van der Waals surface area contributed by atoms with Crippen LogP contribution in [0.5, 0.6) is 0 Å². The van der Waals surface area contributed by atoms with E-state index in [0.717, 1.165) is 0 Å². The molecule has 1 rings (SSSR count). The molecule has 0 aliphatic carbocycles. The van der Waals surface area contributed by atoms with Crippen molar-refractivity contribution in [3.63, 3.8) is 0 Å². The van der Waals surface area contributed by atoms with Crippen molar-refractivity contribution in [2.24, 2.45) is 0 Å². The Bertz CT molecular complexity index is 737. The molecule has 0 aliphatic heterocycles. The minimum absolute atomic E-state index is 0.0342. The standard InChI is InChI=1S/C22H36N4O8/c1-22(2,3)34-21(28)24-10-9-23-11-13-32-15-17-33-16-14-31-12-8-20(27)25-18-4-6-19(7-5-18)26(29)30/h4-7,23H,8-17H2,1-3H3,(H,24,28)(H,25,27). The molecule has 0 saturated carbocycles. The lowest BCUT2D eigenvalue weighted by Crippen LogP contribution is -2.37. The summed E-state index contributed by atoms with van der Waals surface area (Å²) in [6.45, 7) is 9.58. The van der Waals surface area contributed by atoms with Crippen molar-refractivity contribution >= 4 is 23.4 Å². The number of hydrogen-bond acceptors (Lipinski definition) is 9. The molecule has 192 valence electrons. The number of nitro groups is 1. The van der Waals surface area contributed by atoms with Gasteiger partial charge in [-0.05, 0) is 32.9 Å². The smallest absolute Gasteiger partial charge is 0.407 e. The number of hydrogen-bond donors (Lipinski definition) is 3. The fraction of sp³-hybridized carbons (Fsp3) is 0.636. The zero-order chi connectivity index (χ0) is 25.2. The van der Waals surface area contributed by atoms with Gasteiger partial charge in [0.1, 0.15) is 5.60 Å². The number of ether oxygens (including phenoxy) is 4. The van der Waals surface area contributed by atoms with Gasteiger partial charge in [0, 0.05) is 37.5 Å². The van der Waals surface area contributed by atoms with Crippen molar-refractivity contribution in [1.82, 2.24) is 10.6 Å². The summed E-state index contributed by atoms with van der Waals surface area (Å²) < 4.78 is 21.3. The highest BCUT2D eigenvalue weighted by Gasteiger charge is 2.15. The number of alkyl carbamates (subject to hydrolysis) is 1. The number of carbonyl (C=O) groups excluding carboxylic acids is 2. The number of nitrogens with one attached hydrogen (secondary N) is 3. The number of nitro benzene ring substituents is 1. The van der Waals surface area contributed by atoms with Gasteiger partial charge in [0.25, 0.3) is 5.69 Å². The highest BCUT2D eigenvalue weighted by atomic mass is 16.6. The lowest BCUT2D eigenvalue weighted by atomic mass is 10.2. The molecule has 1 aromatic rings. The molecule has 3 N–H and O–H groups in total. The summed E-state index contributed by atoms with van der Waals surface area (Å²) in [4.78, 5) is 33.4. The Morgan fingerprint density at radius 3 is 2.06 bits per heavy atom. The van der Waals surface area contributed by atoms with Crippen LogP contribution in [-0.4, -0.2) is 81.8 Å². The number of rotatable bonds is 17. The summed E-state index contributed by atoms with van der Waals surface area (Å²) >= 11 is 0. The molecule has 2 amide bonds. The number of nitrogens with zero attached hydrogens (tertiary/aromatic N) is 1. The Morgan fingerprint density at radius 2 is 1.47 bits per heavy atom. The zero-order valence-electron chi connectivity index (χ0n) is 20.1. The van der Waals surface area contributed by atoms with Gasteiger partial charge in [0.2, 0.25) is 5.91 Å². The first-order valence-electron chi connectivity index (χ1n) is 11.1. The van der Waals surface area contributed by atoms with Crippen molar-refractivity contribution in [3.05, 3.63) is 34.4 Å². The number of non-ortho nitro benzene ring substituents is 1. The van der Waals surface area contributed by atoms with Crippen molar-refractivity contribution < 1.29 is 33.5 Å². The van der Waals surface area contributed by atoms with Crippen LogP contribution in [0.4, 0.5) is 16.2 Å². The summed E-state index contributed by atoms with van der Waals surface area (Å²) in [5, 5.41) is 19.1. The molecule has 0 heterocycles. The van der Waals surface area contributed by atoms with E-state index >= 15 is 0 Å². The van der Waals surface area contributed by atoms with Gasteiger partial charge in [-0.15, -0.1) is 0 Å². The Kier molecular flexibility index (Phi) is 14.4. The first-order chi connectivity index (χ1) is 16.2. The molecule has 1 aromatic carbocycles. The maximum Gasteiger partial charge on any atom is 0.407 e. The molecule has 0 spiro atoms. The average Bonchev–Trinajstić information content (AvgIpc) is 2.75. The summed E-state index contributed by atoms with van der Waals surface area (Å²) in [6, 6.07) is 5.62. The van der Waals surface area contributed by atoms with E-state index in [4.69, 9.17) is 18.9 Å². The summed E-state index contributed by atoms with van der Waals surface area (Å²) in [5.41, 5.74) is -0.0471. The maximum atomic E-state index is 11.8. The largest absolute Gasteiger partial charge is 0.444 e. The van der Waals surface area contributed by atoms with Crippen molar-refractivity contribution in [3.8, 4) is 0 Å². The molecule has 0 bridgehead atoms. The molecule has 0 saturated heterocycles. The molecule has 0 radical (unpaired) electrons. The van der Waals surface area contributed by atoms with E-state index in [2.05, 4.69) is 16.0 Å². The van der Waals surface area contributed by atoms with Crippen LogP contribution in [0, 0.1) is 10.1 Å². The van der Waals surface area contributed by atoms with Crippen LogP contribution >= 0.6 is 0 Å². The predicted octanol–water partition coefficient (Wildman–Crippen LogP) is 2.09. The molecule has 0 atom stereocenters. The van der Waals surface area contributed by atoms with E-state index in [1.165, 1.54) is 24.3 Å². The monoisotopic (exact) mass is 484 g/mol. The molecule has 0 aromatic heterocycles. The first kappa shape index (κ1) is 29.2. The van der Waals surface area contributed by atoms with Crippen LogP contribution in [0.3, 0.4) is 0 Å². The van der Waals surface area contributed by atoms with Gasteiger partial charge in [0.15, 0.2) is 0 Å². The maximum absolute atomic E-state index is 11.8. The highest BCUT2D eigenvalue weighted by molar-refractivity contribution is 5.90. The second kappa shape index (κ2) is 16.8. The van der Waals surface area contributed by atoms with E-state index in [0.29, 0.717) is 58.4 Å². The Labute approximate surface area is 199 Å². The zero-order valence-corrected chi connectivity index (χ0v) is 20.1. The van der Waals surface area contributed by atoms with Gasteiger partial charge in [-0.25, -0.2) is 4.79 Å². The normalized spacial score (nSPS) is 11.1. The van der Waals surface area contributed by atoms with Gasteiger partial charge >= 0.3 is 6.09 Å². The number of amides is 2. The van der Waals surface area contributed by atoms with E-state index in [1.54, 1.807) is 0 Å². The number of carbonyl (C=O) groups is 2. The highest BCUT2D eigenvalue weighted by Crippen LogP contribution is 2.15. The molecule has 0 unspecified atom stereocenters. The lowest BCUT2D eigenvalue weighted by Gasteiger charge is -2.19. The number of benzene rings is 1. The summed E-state index contributed by atoms with van der Waals surface area (Å²) in [7, 11) is 0. The fourth-order valence-electron chi connectivity index (χ4n) is 2.43. The molecular weight excluding hydrogens is 448 g/mol. The number of anilines is 1.